The molecule has 0 saturated carbocycles. The molecule has 0 heterocycles. The highest BCUT2D eigenvalue weighted by Crippen LogP contribution is 2.29. The lowest BCUT2D eigenvalue weighted by molar-refractivity contribution is -0.144. The Labute approximate surface area is 121 Å². The number of para-hydroxylation sites is 1. The number of halogens is 1. The van der Waals surface area contributed by atoms with Crippen LogP contribution in [0.5, 0.6) is 17.2 Å². The van der Waals surface area contributed by atoms with E-state index in [-0.39, 0.29) is 0 Å². The number of ether oxygens (including phenoxy) is 2. The van der Waals surface area contributed by atoms with Crippen molar-refractivity contribution in [1.29, 1.82) is 0 Å². The minimum atomic E-state index is -1.01. The van der Waals surface area contributed by atoms with Gasteiger partial charge >= 0.3 is 5.97 Å². The zero-order chi connectivity index (χ0) is 14.5. The van der Waals surface area contributed by atoms with Gasteiger partial charge in [0, 0.05) is 0 Å². The molecule has 0 radical (unpaired) electrons. The van der Waals surface area contributed by atoms with Gasteiger partial charge in [-0.3, -0.25) is 0 Å². The number of hydrogen-bond donors (Lipinski definition) is 1. The van der Waals surface area contributed by atoms with E-state index < -0.39 is 12.1 Å². The molecule has 0 aromatic heterocycles. The highest BCUT2D eigenvalue weighted by molar-refractivity contribution is 6.32. The summed E-state index contributed by atoms with van der Waals surface area (Å²) in [5.74, 6) is 0.600. The Hall–Kier alpha value is -2.20. The number of hydrogen-bond acceptors (Lipinski definition) is 3. The second kappa shape index (κ2) is 6.30. The number of rotatable bonds is 5. The van der Waals surface area contributed by atoms with E-state index in [0.717, 1.165) is 0 Å². The topological polar surface area (TPSA) is 55.8 Å². The van der Waals surface area contributed by atoms with Crippen LogP contribution in [0, 0.1) is 0 Å². The normalized spacial score (nSPS) is 11.7. The van der Waals surface area contributed by atoms with E-state index in [9.17, 15) is 4.79 Å². The zero-order valence-corrected chi connectivity index (χ0v) is 11.5. The van der Waals surface area contributed by atoms with Gasteiger partial charge in [0.1, 0.15) is 17.2 Å². The first-order valence-corrected chi connectivity index (χ1v) is 6.36. The van der Waals surface area contributed by atoms with Crippen molar-refractivity contribution in [2.24, 2.45) is 0 Å². The molecule has 0 aliphatic heterocycles. The van der Waals surface area contributed by atoms with Crippen molar-refractivity contribution in [3.63, 3.8) is 0 Å². The number of carbonyl (C=O) groups is 1. The third kappa shape index (κ3) is 3.65. The summed E-state index contributed by atoms with van der Waals surface area (Å²) < 4.78 is 10.8. The standard InChI is InChI=1S/C15H13ClO4/c1-10(15(17)18)19-11-6-8-12(9-7-11)20-14-5-3-2-4-13(14)16/h2-10H,1H3,(H,17,18). The van der Waals surface area contributed by atoms with E-state index in [2.05, 4.69) is 0 Å². The Balaban J connectivity index is 2.05. The van der Waals surface area contributed by atoms with E-state index in [1.54, 1.807) is 36.4 Å². The van der Waals surface area contributed by atoms with Crippen molar-refractivity contribution in [2.75, 3.05) is 0 Å². The van der Waals surface area contributed by atoms with Crippen LogP contribution in [0.4, 0.5) is 0 Å². The summed E-state index contributed by atoms with van der Waals surface area (Å²) in [6.45, 7) is 1.47. The molecule has 5 heteroatoms. The average Bonchev–Trinajstić information content (AvgIpc) is 2.43. The molecule has 0 saturated heterocycles. The molecule has 2 aromatic carbocycles. The monoisotopic (exact) mass is 292 g/mol. The van der Waals surface area contributed by atoms with E-state index in [1.807, 2.05) is 12.1 Å². The van der Waals surface area contributed by atoms with Gasteiger partial charge < -0.3 is 14.6 Å². The van der Waals surface area contributed by atoms with Crippen molar-refractivity contribution < 1.29 is 19.4 Å². The Kier molecular flexibility index (Phi) is 4.48. The third-order valence-corrected chi connectivity index (χ3v) is 2.86. The molecular formula is C15H13ClO4. The lowest BCUT2D eigenvalue weighted by atomic mass is 10.3. The number of carboxylic acid groups (broad SMARTS) is 1. The second-order valence-electron chi connectivity index (χ2n) is 4.10. The van der Waals surface area contributed by atoms with Crippen LogP contribution in [0.2, 0.25) is 5.02 Å². The molecular weight excluding hydrogens is 280 g/mol. The Bertz CT molecular complexity index is 595. The van der Waals surface area contributed by atoms with Crippen molar-refractivity contribution in [1.82, 2.24) is 0 Å². The molecule has 104 valence electrons. The predicted octanol–water partition coefficient (Wildman–Crippen LogP) is 3.98. The van der Waals surface area contributed by atoms with Gasteiger partial charge in [0.05, 0.1) is 5.02 Å². The first-order chi connectivity index (χ1) is 9.56. The molecule has 0 spiro atoms. The highest BCUT2D eigenvalue weighted by Gasteiger charge is 2.12. The zero-order valence-electron chi connectivity index (χ0n) is 10.7. The summed E-state index contributed by atoms with van der Waals surface area (Å²) >= 11 is 5.99. The second-order valence-corrected chi connectivity index (χ2v) is 4.51. The van der Waals surface area contributed by atoms with Gasteiger partial charge in [-0.2, -0.15) is 0 Å². The van der Waals surface area contributed by atoms with Crippen LogP contribution in [-0.4, -0.2) is 17.2 Å². The highest BCUT2D eigenvalue weighted by atomic mass is 35.5. The fraction of sp³-hybridized carbons (Fsp3) is 0.133. The van der Waals surface area contributed by atoms with Gasteiger partial charge in [-0.05, 0) is 43.3 Å². The Morgan fingerprint density at radius 2 is 1.70 bits per heavy atom. The fourth-order valence-corrected chi connectivity index (χ4v) is 1.67. The van der Waals surface area contributed by atoms with Crippen LogP contribution in [-0.2, 0) is 4.79 Å². The molecule has 2 aromatic rings. The quantitative estimate of drug-likeness (QED) is 0.905. The van der Waals surface area contributed by atoms with Crippen molar-refractivity contribution in [3.05, 3.63) is 53.6 Å². The van der Waals surface area contributed by atoms with Gasteiger partial charge in [-0.25, -0.2) is 4.79 Å². The minimum absolute atomic E-state index is 0.464. The first-order valence-electron chi connectivity index (χ1n) is 5.98. The maximum atomic E-state index is 10.7. The maximum absolute atomic E-state index is 10.7. The molecule has 0 aliphatic rings. The van der Waals surface area contributed by atoms with E-state index >= 15 is 0 Å². The SMILES string of the molecule is CC(Oc1ccc(Oc2ccccc2Cl)cc1)C(=O)O. The third-order valence-electron chi connectivity index (χ3n) is 2.55. The number of carboxylic acids is 1. The molecule has 1 atom stereocenters. The summed E-state index contributed by atoms with van der Waals surface area (Å²) in [6, 6.07) is 13.8. The van der Waals surface area contributed by atoms with Crippen LogP contribution in [0.1, 0.15) is 6.92 Å². The smallest absolute Gasteiger partial charge is 0.344 e. The molecule has 4 nitrogen and oxygen atoms in total. The average molecular weight is 293 g/mol. The number of benzene rings is 2. The summed E-state index contributed by atoms with van der Waals surface area (Å²) in [6.07, 6.45) is -0.898. The van der Waals surface area contributed by atoms with Gasteiger partial charge in [0.2, 0.25) is 0 Å². The van der Waals surface area contributed by atoms with Crippen LogP contribution in [0.3, 0.4) is 0 Å². The van der Waals surface area contributed by atoms with E-state index in [1.165, 1.54) is 6.92 Å². The molecule has 1 unspecified atom stereocenters. The molecule has 20 heavy (non-hydrogen) atoms. The summed E-state index contributed by atoms with van der Waals surface area (Å²) in [7, 11) is 0. The fourth-order valence-electron chi connectivity index (χ4n) is 1.50. The van der Waals surface area contributed by atoms with Crippen molar-refractivity contribution >= 4 is 17.6 Å². The molecule has 0 fully saturated rings. The summed E-state index contributed by atoms with van der Waals surface area (Å²) in [5, 5.41) is 9.28. The summed E-state index contributed by atoms with van der Waals surface area (Å²) in [5.41, 5.74) is 0. The molecule has 0 bridgehead atoms. The first kappa shape index (κ1) is 14.2. The van der Waals surface area contributed by atoms with Gasteiger partial charge in [-0.1, -0.05) is 23.7 Å². The van der Waals surface area contributed by atoms with Gasteiger partial charge in [-0.15, -0.1) is 0 Å². The Morgan fingerprint density at radius 3 is 2.30 bits per heavy atom. The van der Waals surface area contributed by atoms with Crippen molar-refractivity contribution in [3.8, 4) is 17.2 Å². The van der Waals surface area contributed by atoms with Crippen LogP contribution >= 0.6 is 11.6 Å². The van der Waals surface area contributed by atoms with E-state index in [4.69, 9.17) is 26.2 Å². The number of aliphatic carboxylic acids is 1. The largest absolute Gasteiger partial charge is 0.479 e. The molecule has 0 amide bonds. The van der Waals surface area contributed by atoms with Crippen LogP contribution in [0.25, 0.3) is 0 Å². The maximum Gasteiger partial charge on any atom is 0.344 e. The van der Waals surface area contributed by atoms with Gasteiger partial charge in [0.25, 0.3) is 0 Å². The lowest BCUT2D eigenvalue weighted by Crippen LogP contribution is -2.22. The lowest BCUT2D eigenvalue weighted by Gasteiger charge is -2.11. The molecule has 2 rings (SSSR count). The minimum Gasteiger partial charge on any atom is -0.479 e. The Morgan fingerprint density at radius 1 is 1.10 bits per heavy atom. The molecule has 1 N–H and O–H groups in total. The molecule has 0 aliphatic carbocycles. The summed E-state index contributed by atoms with van der Waals surface area (Å²) in [4.78, 5) is 10.7. The predicted molar refractivity (Wildman–Crippen MR) is 75.7 cm³/mol. The van der Waals surface area contributed by atoms with Crippen LogP contribution in [0.15, 0.2) is 48.5 Å². The van der Waals surface area contributed by atoms with E-state index in [0.29, 0.717) is 22.3 Å². The van der Waals surface area contributed by atoms with Crippen LogP contribution < -0.4 is 9.47 Å². The van der Waals surface area contributed by atoms with Crippen molar-refractivity contribution in [2.45, 2.75) is 13.0 Å². The van der Waals surface area contributed by atoms with Gasteiger partial charge in [0.15, 0.2) is 6.10 Å².